The average molecular weight is 216 g/mol. The van der Waals surface area contributed by atoms with E-state index in [2.05, 4.69) is 6.58 Å². The molecule has 0 aromatic rings. The molecule has 0 fully saturated rings. The molecule has 0 aliphatic heterocycles. The maximum atomic E-state index is 10.9. The molecule has 0 amide bonds. The molecule has 1 atom stereocenters. The summed E-state index contributed by atoms with van der Waals surface area (Å²) in [5.74, 6) is 0. The monoisotopic (exact) mass is 216 g/mol. The predicted molar refractivity (Wildman–Crippen MR) is 58.2 cm³/mol. The van der Waals surface area contributed by atoms with Gasteiger partial charge in [-0.05, 0) is 20.3 Å². The maximum absolute atomic E-state index is 10.9. The average Bonchev–Trinajstić information content (AvgIpc) is 2.12. The van der Waals surface area contributed by atoms with Crippen molar-refractivity contribution in [1.29, 1.82) is 0 Å². The largest absolute Gasteiger partial charge is 0.289 e. The first-order valence-electron chi connectivity index (χ1n) is 4.35. The summed E-state index contributed by atoms with van der Waals surface area (Å²) in [7, 11) is -3.55. The van der Waals surface area contributed by atoms with Crippen LogP contribution >= 0.6 is 0 Å². The molecule has 0 radical (unpaired) electrons. The first kappa shape index (κ1) is 13.1. The van der Waals surface area contributed by atoms with Crippen LogP contribution in [0.1, 0.15) is 20.3 Å². The van der Waals surface area contributed by atoms with Crippen molar-refractivity contribution >= 4 is 10.1 Å². The van der Waals surface area contributed by atoms with Gasteiger partial charge in [0.1, 0.15) is 0 Å². The highest BCUT2D eigenvalue weighted by Crippen LogP contribution is 2.05. The molecule has 80 valence electrons. The lowest BCUT2D eigenvalue weighted by Gasteiger charge is -2.07. The van der Waals surface area contributed by atoms with Gasteiger partial charge < -0.3 is 0 Å². The van der Waals surface area contributed by atoms with Gasteiger partial charge in [0, 0.05) is 0 Å². The molecule has 0 saturated heterocycles. The van der Waals surface area contributed by atoms with E-state index < -0.39 is 10.1 Å². The summed E-state index contributed by atoms with van der Waals surface area (Å²) in [6.45, 7) is 6.76. The topological polar surface area (TPSA) is 43.4 Å². The molecule has 0 bridgehead atoms. The number of hydrogen-bond donors (Lipinski definition) is 0. The zero-order valence-corrected chi connectivity index (χ0v) is 9.33. The Balaban J connectivity index is 3.99. The van der Waals surface area contributed by atoms with E-state index in [1.54, 1.807) is 6.92 Å². The summed E-state index contributed by atoms with van der Waals surface area (Å²) in [5.41, 5.74) is 0. The summed E-state index contributed by atoms with van der Waals surface area (Å²) >= 11 is 0. The normalized spacial score (nSPS) is 15.0. The van der Waals surface area contributed by atoms with E-state index in [-0.39, 0.29) is 6.10 Å². The summed E-state index contributed by atoms with van der Waals surface area (Å²) in [6.07, 6.45) is 7.65. The molecular formula is C10H16O3S. The summed E-state index contributed by atoms with van der Waals surface area (Å²) in [5, 5.41) is 0.805. The Labute approximate surface area is 85.9 Å². The quantitative estimate of drug-likeness (QED) is 0.506. The Bertz CT molecular complexity index is 312. The standard InChI is InChI=1S/C10H16O3S/c1-4-6-7-8-9-10(3)13-14(11,12)5-2/h4-8,10H,2,9H2,1,3H3/b6-4+,8-7+. The van der Waals surface area contributed by atoms with Gasteiger partial charge in [-0.15, -0.1) is 0 Å². The Morgan fingerprint density at radius 3 is 2.57 bits per heavy atom. The second-order valence-electron chi connectivity index (χ2n) is 2.76. The predicted octanol–water partition coefficient (Wildman–Crippen LogP) is 2.39. The molecule has 0 saturated carbocycles. The molecule has 14 heavy (non-hydrogen) atoms. The van der Waals surface area contributed by atoms with E-state index in [0.717, 1.165) is 5.41 Å². The van der Waals surface area contributed by atoms with E-state index in [4.69, 9.17) is 4.18 Å². The first-order chi connectivity index (χ1) is 6.52. The van der Waals surface area contributed by atoms with Gasteiger partial charge in [-0.25, -0.2) is 0 Å². The third-order valence-electron chi connectivity index (χ3n) is 1.41. The second kappa shape index (κ2) is 6.56. The van der Waals surface area contributed by atoms with Crippen molar-refractivity contribution in [2.45, 2.75) is 26.4 Å². The third-order valence-corrected chi connectivity index (χ3v) is 2.42. The minimum atomic E-state index is -3.55. The zero-order valence-electron chi connectivity index (χ0n) is 8.51. The van der Waals surface area contributed by atoms with Crippen molar-refractivity contribution < 1.29 is 12.6 Å². The number of allylic oxidation sites excluding steroid dienone is 3. The zero-order chi connectivity index (χ0) is 11.0. The Morgan fingerprint density at radius 2 is 2.07 bits per heavy atom. The van der Waals surface area contributed by atoms with Gasteiger partial charge in [0.25, 0.3) is 10.1 Å². The highest BCUT2D eigenvalue weighted by molar-refractivity contribution is 7.89. The van der Waals surface area contributed by atoms with Gasteiger partial charge in [0.05, 0.1) is 11.5 Å². The van der Waals surface area contributed by atoms with Crippen LogP contribution in [-0.4, -0.2) is 14.5 Å². The maximum Gasteiger partial charge on any atom is 0.289 e. The lowest BCUT2D eigenvalue weighted by atomic mass is 10.2. The molecule has 0 aromatic heterocycles. The highest BCUT2D eigenvalue weighted by Gasteiger charge is 2.09. The fourth-order valence-electron chi connectivity index (χ4n) is 0.767. The van der Waals surface area contributed by atoms with Gasteiger partial charge in [-0.1, -0.05) is 30.9 Å². The van der Waals surface area contributed by atoms with Crippen molar-refractivity contribution in [1.82, 2.24) is 0 Å². The van der Waals surface area contributed by atoms with Crippen molar-refractivity contribution in [3.63, 3.8) is 0 Å². The fraction of sp³-hybridized carbons (Fsp3) is 0.400. The molecule has 0 rings (SSSR count). The number of hydrogen-bond acceptors (Lipinski definition) is 3. The lowest BCUT2D eigenvalue weighted by molar-refractivity contribution is 0.236. The van der Waals surface area contributed by atoms with Crippen LogP contribution in [0.15, 0.2) is 36.3 Å². The van der Waals surface area contributed by atoms with Crippen LogP contribution < -0.4 is 0 Å². The molecule has 0 aliphatic rings. The molecule has 1 unspecified atom stereocenters. The molecule has 0 aromatic carbocycles. The third kappa shape index (κ3) is 6.62. The highest BCUT2D eigenvalue weighted by atomic mass is 32.2. The van der Waals surface area contributed by atoms with Crippen LogP contribution in [0.4, 0.5) is 0 Å². The van der Waals surface area contributed by atoms with Gasteiger partial charge in [0.15, 0.2) is 0 Å². The van der Waals surface area contributed by atoms with Crippen LogP contribution in [-0.2, 0) is 14.3 Å². The molecule has 3 nitrogen and oxygen atoms in total. The smallest absolute Gasteiger partial charge is 0.263 e. The van der Waals surface area contributed by atoms with Crippen LogP contribution in [0.25, 0.3) is 0 Å². The summed E-state index contributed by atoms with van der Waals surface area (Å²) in [6, 6.07) is 0. The van der Waals surface area contributed by atoms with Crippen molar-refractivity contribution in [2.75, 3.05) is 0 Å². The minimum Gasteiger partial charge on any atom is -0.263 e. The molecule has 0 heterocycles. The van der Waals surface area contributed by atoms with E-state index in [1.165, 1.54) is 0 Å². The van der Waals surface area contributed by atoms with Crippen LogP contribution in [0, 0.1) is 0 Å². The summed E-state index contributed by atoms with van der Waals surface area (Å²) < 4.78 is 26.6. The summed E-state index contributed by atoms with van der Waals surface area (Å²) in [4.78, 5) is 0. The molecule has 0 aliphatic carbocycles. The molecule has 0 N–H and O–H groups in total. The van der Waals surface area contributed by atoms with Gasteiger partial charge in [-0.3, -0.25) is 4.18 Å². The van der Waals surface area contributed by atoms with E-state index in [1.807, 2.05) is 31.2 Å². The SMILES string of the molecule is C=CS(=O)(=O)OC(C)C/C=C/C=C/C. The molecule has 0 spiro atoms. The van der Waals surface area contributed by atoms with E-state index in [0.29, 0.717) is 6.42 Å². The van der Waals surface area contributed by atoms with Crippen LogP contribution in [0.2, 0.25) is 0 Å². The van der Waals surface area contributed by atoms with Crippen molar-refractivity contribution in [3.8, 4) is 0 Å². The Hall–Kier alpha value is -0.870. The van der Waals surface area contributed by atoms with Crippen molar-refractivity contribution in [2.24, 2.45) is 0 Å². The fourth-order valence-corrected chi connectivity index (χ4v) is 1.38. The van der Waals surface area contributed by atoms with Crippen molar-refractivity contribution in [3.05, 3.63) is 36.3 Å². The number of rotatable bonds is 6. The van der Waals surface area contributed by atoms with Gasteiger partial charge >= 0.3 is 0 Å². The first-order valence-corrected chi connectivity index (χ1v) is 5.82. The van der Waals surface area contributed by atoms with E-state index >= 15 is 0 Å². The van der Waals surface area contributed by atoms with Crippen LogP contribution in [0.3, 0.4) is 0 Å². The van der Waals surface area contributed by atoms with Crippen LogP contribution in [0.5, 0.6) is 0 Å². The Kier molecular flexibility index (Phi) is 6.16. The lowest BCUT2D eigenvalue weighted by Crippen LogP contribution is -2.12. The Morgan fingerprint density at radius 1 is 1.43 bits per heavy atom. The van der Waals surface area contributed by atoms with Gasteiger partial charge in [0.2, 0.25) is 0 Å². The minimum absolute atomic E-state index is 0.362. The van der Waals surface area contributed by atoms with Gasteiger partial charge in [-0.2, -0.15) is 8.42 Å². The molecular weight excluding hydrogens is 200 g/mol. The van der Waals surface area contributed by atoms with E-state index in [9.17, 15) is 8.42 Å². The molecule has 4 heteroatoms. The second-order valence-corrected chi connectivity index (χ2v) is 4.27.